The number of nitrogens with one attached hydrogen (secondary N) is 2. The third-order valence-corrected chi connectivity index (χ3v) is 4.27. The van der Waals surface area contributed by atoms with E-state index in [1.807, 2.05) is 13.8 Å². The number of alkyl halides is 3. The lowest BCUT2D eigenvalue weighted by atomic mass is 9.80. The van der Waals surface area contributed by atoms with Crippen molar-refractivity contribution in [2.24, 2.45) is 17.8 Å². The van der Waals surface area contributed by atoms with Gasteiger partial charge in [-0.25, -0.2) is 4.79 Å². The maximum atomic E-state index is 12.8. The van der Waals surface area contributed by atoms with E-state index in [1.54, 1.807) is 0 Å². The van der Waals surface area contributed by atoms with Gasteiger partial charge in [-0.15, -0.1) is 0 Å². The smallest absolute Gasteiger partial charge is 0.391 e. The average molecular weight is 366 g/mol. The van der Waals surface area contributed by atoms with Crippen molar-refractivity contribution in [3.05, 3.63) is 0 Å². The van der Waals surface area contributed by atoms with Crippen molar-refractivity contribution in [1.82, 2.24) is 10.6 Å². The molecule has 3 N–H and O–H groups in total. The number of amides is 2. The van der Waals surface area contributed by atoms with Gasteiger partial charge in [-0.05, 0) is 31.6 Å². The van der Waals surface area contributed by atoms with Crippen LogP contribution in [0.15, 0.2) is 0 Å². The Morgan fingerprint density at radius 3 is 2.36 bits per heavy atom. The number of carbonyl (C=O) groups is 3. The van der Waals surface area contributed by atoms with Crippen LogP contribution >= 0.6 is 0 Å². The van der Waals surface area contributed by atoms with Crippen LogP contribution in [-0.4, -0.2) is 41.7 Å². The molecule has 1 aliphatic rings. The Labute approximate surface area is 144 Å². The molecule has 0 heterocycles. The zero-order valence-electron chi connectivity index (χ0n) is 14.4. The molecule has 0 aromatic carbocycles. The minimum atomic E-state index is -4.32. The Kier molecular flexibility index (Phi) is 7.69. The van der Waals surface area contributed by atoms with Crippen molar-refractivity contribution < 1.29 is 32.7 Å². The van der Waals surface area contributed by atoms with Crippen molar-refractivity contribution in [3.8, 4) is 0 Å². The van der Waals surface area contributed by atoms with Crippen LogP contribution in [0.4, 0.5) is 13.2 Å². The van der Waals surface area contributed by atoms with Gasteiger partial charge in [-0.1, -0.05) is 20.3 Å². The van der Waals surface area contributed by atoms with Gasteiger partial charge in [0.15, 0.2) is 0 Å². The lowest BCUT2D eigenvalue weighted by Crippen LogP contribution is -2.47. The molecule has 1 aliphatic carbocycles. The van der Waals surface area contributed by atoms with Crippen LogP contribution in [-0.2, 0) is 14.4 Å². The van der Waals surface area contributed by atoms with Gasteiger partial charge < -0.3 is 15.7 Å². The number of halogens is 3. The summed E-state index contributed by atoms with van der Waals surface area (Å²) in [5.41, 5.74) is 0. The number of carbonyl (C=O) groups excluding carboxylic acids is 2. The van der Waals surface area contributed by atoms with E-state index in [1.165, 1.54) is 0 Å². The summed E-state index contributed by atoms with van der Waals surface area (Å²) >= 11 is 0. The molecule has 2 amide bonds. The van der Waals surface area contributed by atoms with Gasteiger partial charge >= 0.3 is 12.1 Å². The number of hydrogen-bond donors (Lipinski definition) is 3. The van der Waals surface area contributed by atoms with E-state index in [4.69, 9.17) is 5.11 Å². The Morgan fingerprint density at radius 1 is 1.20 bits per heavy atom. The van der Waals surface area contributed by atoms with Gasteiger partial charge in [-0.2, -0.15) is 13.2 Å². The second kappa shape index (κ2) is 9.05. The largest absolute Gasteiger partial charge is 0.480 e. The molecule has 1 rings (SSSR count). The van der Waals surface area contributed by atoms with Crippen molar-refractivity contribution in [1.29, 1.82) is 0 Å². The van der Waals surface area contributed by atoms with E-state index in [0.29, 0.717) is 12.8 Å². The lowest BCUT2D eigenvalue weighted by molar-refractivity contribution is -0.186. The summed E-state index contributed by atoms with van der Waals surface area (Å²) in [5.74, 6) is -4.66. The topological polar surface area (TPSA) is 95.5 Å². The van der Waals surface area contributed by atoms with Gasteiger partial charge in [0.2, 0.25) is 11.8 Å². The van der Waals surface area contributed by atoms with Gasteiger partial charge in [-0.3, -0.25) is 9.59 Å². The summed E-state index contributed by atoms with van der Waals surface area (Å²) in [6.45, 7) is 3.17. The van der Waals surface area contributed by atoms with Crippen molar-refractivity contribution in [3.63, 3.8) is 0 Å². The second-order valence-corrected chi connectivity index (χ2v) is 6.91. The highest BCUT2D eigenvalue weighted by Crippen LogP contribution is 2.39. The van der Waals surface area contributed by atoms with Crippen LogP contribution in [0.3, 0.4) is 0 Å². The summed E-state index contributed by atoms with van der Waals surface area (Å²) in [6, 6.07) is -1.06. The molecule has 0 bridgehead atoms. The molecule has 0 aromatic rings. The first-order chi connectivity index (χ1) is 11.5. The maximum Gasteiger partial charge on any atom is 0.391 e. The molecule has 9 heteroatoms. The fourth-order valence-corrected chi connectivity index (χ4v) is 2.98. The van der Waals surface area contributed by atoms with Crippen LogP contribution in [0.5, 0.6) is 0 Å². The highest BCUT2D eigenvalue weighted by molar-refractivity contribution is 5.88. The number of carboxylic acid groups (broad SMARTS) is 1. The first kappa shape index (κ1) is 21.2. The Bertz CT molecular complexity index is 494. The van der Waals surface area contributed by atoms with Crippen molar-refractivity contribution >= 4 is 17.8 Å². The third-order valence-electron chi connectivity index (χ3n) is 4.27. The van der Waals surface area contributed by atoms with Gasteiger partial charge in [0, 0.05) is 5.92 Å². The van der Waals surface area contributed by atoms with E-state index in [2.05, 4.69) is 10.6 Å². The Balaban J connectivity index is 2.47. The zero-order chi connectivity index (χ0) is 19.2. The number of aliphatic carboxylic acids is 1. The molecule has 25 heavy (non-hydrogen) atoms. The normalized spacial score (nSPS) is 22.3. The Morgan fingerprint density at radius 2 is 1.84 bits per heavy atom. The van der Waals surface area contributed by atoms with Gasteiger partial charge in [0.1, 0.15) is 6.04 Å². The van der Waals surface area contributed by atoms with Crippen LogP contribution in [0, 0.1) is 17.8 Å². The minimum absolute atomic E-state index is 0.0171. The SMILES string of the molecule is CC(C)C[C@H](NC(=O)CNC(=O)C1CCCC(C(F)(F)F)C1)C(=O)O. The molecule has 3 atom stereocenters. The fraction of sp³-hybridized carbons (Fsp3) is 0.812. The summed E-state index contributed by atoms with van der Waals surface area (Å²) < 4.78 is 38.3. The molecular weight excluding hydrogens is 341 g/mol. The fourth-order valence-electron chi connectivity index (χ4n) is 2.98. The van der Waals surface area contributed by atoms with E-state index in [-0.39, 0.29) is 25.2 Å². The highest BCUT2D eigenvalue weighted by Gasteiger charge is 2.43. The molecular formula is C16H25F3N2O4. The summed E-state index contributed by atoms with van der Waals surface area (Å²) in [6.07, 6.45) is -3.67. The van der Waals surface area contributed by atoms with Crippen LogP contribution in [0.2, 0.25) is 0 Å². The van der Waals surface area contributed by atoms with E-state index in [0.717, 1.165) is 0 Å². The number of hydrogen-bond acceptors (Lipinski definition) is 3. The molecule has 0 saturated heterocycles. The monoisotopic (exact) mass is 366 g/mol. The molecule has 6 nitrogen and oxygen atoms in total. The molecule has 144 valence electrons. The first-order valence-corrected chi connectivity index (χ1v) is 8.37. The zero-order valence-corrected chi connectivity index (χ0v) is 14.4. The molecule has 1 fully saturated rings. The molecule has 1 saturated carbocycles. The second-order valence-electron chi connectivity index (χ2n) is 6.91. The van der Waals surface area contributed by atoms with Crippen molar-refractivity contribution in [2.45, 2.75) is 58.2 Å². The van der Waals surface area contributed by atoms with Crippen LogP contribution in [0.1, 0.15) is 46.0 Å². The minimum Gasteiger partial charge on any atom is -0.480 e. The molecule has 0 aliphatic heterocycles. The van der Waals surface area contributed by atoms with Gasteiger partial charge in [0.05, 0.1) is 12.5 Å². The quantitative estimate of drug-likeness (QED) is 0.643. The average Bonchev–Trinajstić information content (AvgIpc) is 2.50. The van der Waals surface area contributed by atoms with E-state index in [9.17, 15) is 27.6 Å². The lowest BCUT2D eigenvalue weighted by Gasteiger charge is -2.29. The Hall–Kier alpha value is -1.80. The first-order valence-electron chi connectivity index (χ1n) is 8.37. The van der Waals surface area contributed by atoms with Crippen molar-refractivity contribution in [2.75, 3.05) is 6.54 Å². The summed E-state index contributed by atoms with van der Waals surface area (Å²) in [5, 5.41) is 13.7. The van der Waals surface area contributed by atoms with E-state index < -0.39 is 48.4 Å². The standard InChI is InChI=1S/C16H25F3N2O4/c1-9(2)6-12(15(24)25)21-13(22)8-20-14(23)10-4-3-5-11(7-10)16(17,18)19/h9-12H,3-8H2,1-2H3,(H,20,23)(H,21,22)(H,24,25)/t10?,11?,12-/m0/s1. The molecule has 0 radical (unpaired) electrons. The number of rotatable bonds is 7. The summed E-state index contributed by atoms with van der Waals surface area (Å²) in [4.78, 5) is 34.9. The number of carboxylic acids is 1. The highest BCUT2D eigenvalue weighted by atomic mass is 19.4. The van der Waals surface area contributed by atoms with Crippen LogP contribution in [0.25, 0.3) is 0 Å². The van der Waals surface area contributed by atoms with Gasteiger partial charge in [0.25, 0.3) is 0 Å². The summed E-state index contributed by atoms with van der Waals surface area (Å²) in [7, 11) is 0. The molecule has 0 spiro atoms. The third kappa shape index (κ3) is 7.31. The maximum absolute atomic E-state index is 12.8. The van der Waals surface area contributed by atoms with E-state index >= 15 is 0 Å². The predicted octanol–water partition coefficient (Wildman–Crippen LogP) is 2.09. The predicted molar refractivity (Wildman–Crippen MR) is 83.5 cm³/mol. The molecule has 0 aromatic heterocycles. The van der Waals surface area contributed by atoms with Crippen LogP contribution < -0.4 is 10.6 Å². The molecule has 2 unspecified atom stereocenters.